The van der Waals surface area contributed by atoms with Crippen LogP contribution < -0.4 is 10.1 Å². The van der Waals surface area contributed by atoms with Crippen LogP contribution in [0.5, 0.6) is 5.75 Å². The second kappa shape index (κ2) is 5.45. The number of benzene rings is 2. The van der Waals surface area contributed by atoms with Gasteiger partial charge in [0.2, 0.25) is 0 Å². The third-order valence-electron chi connectivity index (χ3n) is 3.76. The molecule has 1 unspecified atom stereocenters. The molecule has 2 aromatic rings. The van der Waals surface area contributed by atoms with Crippen LogP contribution in [-0.4, -0.2) is 6.61 Å². The summed E-state index contributed by atoms with van der Waals surface area (Å²) in [7, 11) is 0. The van der Waals surface area contributed by atoms with E-state index in [1.807, 2.05) is 30.3 Å². The summed E-state index contributed by atoms with van der Waals surface area (Å²) in [5.41, 5.74) is 2.57. The minimum Gasteiger partial charge on any atom is -0.493 e. The van der Waals surface area contributed by atoms with Gasteiger partial charge in [0.05, 0.1) is 24.3 Å². The van der Waals surface area contributed by atoms with Crippen LogP contribution in [0.15, 0.2) is 36.4 Å². The van der Waals surface area contributed by atoms with E-state index in [-0.39, 0.29) is 11.9 Å². The lowest BCUT2D eigenvalue weighted by Crippen LogP contribution is -2.20. The highest BCUT2D eigenvalue weighted by Gasteiger charge is 2.21. The highest BCUT2D eigenvalue weighted by Crippen LogP contribution is 2.35. The van der Waals surface area contributed by atoms with Gasteiger partial charge in [-0.05, 0) is 25.1 Å². The molecule has 0 aromatic heterocycles. The van der Waals surface area contributed by atoms with Crippen molar-refractivity contribution in [1.82, 2.24) is 0 Å². The van der Waals surface area contributed by atoms with Gasteiger partial charge in [0.1, 0.15) is 11.6 Å². The van der Waals surface area contributed by atoms with Crippen molar-refractivity contribution < 1.29 is 9.13 Å². The molecule has 0 fully saturated rings. The molecule has 0 aliphatic carbocycles. The Balaban J connectivity index is 1.95. The normalized spacial score (nSPS) is 16.5. The SMILES string of the molecule is Cc1c(F)cc(C#N)cc1NC1CCOc2ccccc21. The summed E-state index contributed by atoms with van der Waals surface area (Å²) < 4.78 is 19.5. The molecule has 1 aliphatic rings. The standard InChI is InChI=1S/C17H15FN2O/c1-11-14(18)8-12(10-19)9-16(11)20-15-6-7-21-17-5-3-2-4-13(15)17/h2-5,8-9,15,20H,6-7H2,1H3. The minimum absolute atomic E-state index is 0.0574. The molecule has 4 heteroatoms. The summed E-state index contributed by atoms with van der Waals surface area (Å²) in [6.07, 6.45) is 0.800. The van der Waals surface area contributed by atoms with E-state index in [1.54, 1.807) is 13.0 Å². The maximum Gasteiger partial charge on any atom is 0.129 e. The Labute approximate surface area is 123 Å². The highest BCUT2D eigenvalue weighted by atomic mass is 19.1. The van der Waals surface area contributed by atoms with Crippen molar-refractivity contribution in [2.45, 2.75) is 19.4 Å². The first-order valence-corrected chi connectivity index (χ1v) is 6.87. The zero-order valence-electron chi connectivity index (χ0n) is 11.7. The third-order valence-corrected chi connectivity index (χ3v) is 3.76. The second-order valence-electron chi connectivity index (χ2n) is 5.11. The Morgan fingerprint density at radius 1 is 1.33 bits per heavy atom. The molecule has 0 amide bonds. The fourth-order valence-electron chi connectivity index (χ4n) is 2.57. The number of rotatable bonds is 2. The van der Waals surface area contributed by atoms with Gasteiger partial charge in [-0.1, -0.05) is 18.2 Å². The number of nitrogens with zero attached hydrogens (tertiary/aromatic N) is 1. The summed E-state index contributed by atoms with van der Waals surface area (Å²) >= 11 is 0. The van der Waals surface area contributed by atoms with E-state index >= 15 is 0 Å². The van der Waals surface area contributed by atoms with Gasteiger partial charge < -0.3 is 10.1 Å². The molecule has 1 N–H and O–H groups in total. The monoisotopic (exact) mass is 282 g/mol. The Bertz CT molecular complexity index is 721. The Morgan fingerprint density at radius 3 is 2.95 bits per heavy atom. The van der Waals surface area contributed by atoms with E-state index in [4.69, 9.17) is 10.00 Å². The van der Waals surface area contributed by atoms with Crippen LogP contribution in [0.1, 0.15) is 29.2 Å². The molecule has 1 aliphatic heterocycles. The summed E-state index contributed by atoms with van der Waals surface area (Å²) in [4.78, 5) is 0. The van der Waals surface area contributed by atoms with Gasteiger partial charge >= 0.3 is 0 Å². The topological polar surface area (TPSA) is 45.0 Å². The van der Waals surface area contributed by atoms with E-state index < -0.39 is 0 Å². The third kappa shape index (κ3) is 2.55. The largest absolute Gasteiger partial charge is 0.493 e. The summed E-state index contributed by atoms with van der Waals surface area (Å²) in [5, 5.41) is 12.3. The van der Waals surface area contributed by atoms with E-state index in [2.05, 4.69) is 5.32 Å². The number of para-hydroxylation sites is 1. The number of fused-ring (bicyclic) bond motifs is 1. The van der Waals surface area contributed by atoms with Gasteiger partial charge in [0.15, 0.2) is 0 Å². The van der Waals surface area contributed by atoms with Gasteiger partial charge in [-0.2, -0.15) is 5.26 Å². The van der Waals surface area contributed by atoms with E-state index in [1.165, 1.54) is 6.07 Å². The molecule has 0 spiro atoms. The smallest absolute Gasteiger partial charge is 0.129 e. The fourth-order valence-corrected chi connectivity index (χ4v) is 2.57. The Hall–Kier alpha value is -2.54. The van der Waals surface area contributed by atoms with Gasteiger partial charge in [-0.15, -0.1) is 0 Å². The molecule has 0 saturated carbocycles. The van der Waals surface area contributed by atoms with Crippen LogP contribution in [0.4, 0.5) is 10.1 Å². The molecule has 0 saturated heterocycles. The zero-order valence-corrected chi connectivity index (χ0v) is 11.7. The van der Waals surface area contributed by atoms with Crippen LogP contribution in [0.2, 0.25) is 0 Å². The predicted molar refractivity (Wildman–Crippen MR) is 78.8 cm³/mol. The van der Waals surface area contributed by atoms with Crippen LogP contribution in [0, 0.1) is 24.1 Å². The first kappa shape index (κ1) is 13.4. The predicted octanol–water partition coefficient (Wildman–Crippen LogP) is 3.94. The van der Waals surface area contributed by atoms with E-state index in [9.17, 15) is 4.39 Å². The molecule has 21 heavy (non-hydrogen) atoms. The van der Waals surface area contributed by atoms with Crippen molar-refractivity contribution in [1.29, 1.82) is 5.26 Å². The number of hydrogen-bond donors (Lipinski definition) is 1. The number of anilines is 1. The molecule has 3 rings (SSSR count). The maximum atomic E-state index is 13.9. The second-order valence-corrected chi connectivity index (χ2v) is 5.11. The Kier molecular flexibility index (Phi) is 3.49. The van der Waals surface area contributed by atoms with Crippen molar-refractivity contribution in [2.24, 2.45) is 0 Å². The summed E-state index contributed by atoms with van der Waals surface area (Å²) in [5.74, 6) is 0.493. The van der Waals surface area contributed by atoms with E-state index in [0.29, 0.717) is 23.4 Å². The minimum atomic E-state index is -0.364. The van der Waals surface area contributed by atoms with Crippen molar-refractivity contribution in [2.75, 3.05) is 11.9 Å². The van der Waals surface area contributed by atoms with Gasteiger partial charge in [-0.25, -0.2) is 4.39 Å². The zero-order chi connectivity index (χ0) is 14.8. The number of nitrogens with one attached hydrogen (secondary N) is 1. The molecule has 1 heterocycles. The number of hydrogen-bond acceptors (Lipinski definition) is 3. The van der Waals surface area contributed by atoms with Gasteiger partial charge in [0, 0.05) is 23.2 Å². The lowest BCUT2D eigenvalue weighted by Gasteiger charge is -2.28. The maximum absolute atomic E-state index is 13.9. The van der Waals surface area contributed by atoms with Crippen LogP contribution in [-0.2, 0) is 0 Å². The van der Waals surface area contributed by atoms with Gasteiger partial charge in [0.25, 0.3) is 0 Å². The molecule has 1 atom stereocenters. The summed E-state index contributed by atoms with van der Waals surface area (Å²) in [6.45, 7) is 2.33. The van der Waals surface area contributed by atoms with Crippen LogP contribution in [0.25, 0.3) is 0 Å². The molecule has 0 bridgehead atoms. The average molecular weight is 282 g/mol. The number of ether oxygens (including phenoxy) is 1. The van der Waals surface area contributed by atoms with Crippen molar-refractivity contribution in [3.63, 3.8) is 0 Å². The molecule has 106 valence electrons. The molecular weight excluding hydrogens is 267 g/mol. The van der Waals surface area contributed by atoms with Crippen molar-refractivity contribution in [3.05, 3.63) is 58.9 Å². The fraction of sp³-hybridized carbons (Fsp3) is 0.235. The van der Waals surface area contributed by atoms with Crippen molar-refractivity contribution >= 4 is 5.69 Å². The van der Waals surface area contributed by atoms with Crippen molar-refractivity contribution in [3.8, 4) is 11.8 Å². The first-order valence-electron chi connectivity index (χ1n) is 6.87. The Morgan fingerprint density at radius 2 is 2.14 bits per heavy atom. The number of nitriles is 1. The molecular formula is C17H15FN2O. The molecule has 3 nitrogen and oxygen atoms in total. The van der Waals surface area contributed by atoms with E-state index in [0.717, 1.165) is 17.7 Å². The van der Waals surface area contributed by atoms with Crippen LogP contribution in [0.3, 0.4) is 0 Å². The lowest BCUT2D eigenvalue weighted by atomic mass is 9.99. The first-order chi connectivity index (χ1) is 10.2. The average Bonchev–Trinajstić information content (AvgIpc) is 2.52. The quantitative estimate of drug-likeness (QED) is 0.907. The molecule has 2 aromatic carbocycles. The number of halogens is 1. The van der Waals surface area contributed by atoms with Crippen LogP contribution >= 0.6 is 0 Å². The highest BCUT2D eigenvalue weighted by molar-refractivity contribution is 5.58. The summed E-state index contributed by atoms with van der Waals surface area (Å²) in [6, 6.07) is 12.8. The van der Waals surface area contributed by atoms with Gasteiger partial charge in [-0.3, -0.25) is 0 Å². The lowest BCUT2D eigenvalue weighted by molar-refractivity contribution is 0.274. The molecule has 0 radical (unpaired) electrons.